The Balaban J connectivity index is 1.87. The van der Waals surface area contributed by atoms with E-state index < -0.39 is 0 Å². The minimum atomic E-state index is -0.186. The number of nitrogens with one attached hydrogen (secondary N) is 2. The molecule has 1 atom stereocenters. The zero-order valence-corrected chi connectivity index (χ0v) is 14.1. The molecule has 23 heavy (non-hydrogen) atoms. The number of carbonyl (C=O) groups is 1. The zero-order chi connectivity index (χ0) is 16.2. The fourth-order valence-corrected chi connectivity index (χ4v) is 3.39. The van der Waals surface area contributed by atoms with E-state index >= 15 is 0 Å². The first kappa shape index (κ1) is 16.0. The van der Waals surface area contributed by atoms with Gasteiger partial charge in [-0.2, -0.15) is 0 Å². The van der Waals surface area contributed by atoms with Gasteiger partial charge in [0, 0.05) is 29.1 Å². The molecule has 1 amide bonds. The summed E-state index contributed by atoms with van der Waals surface area (Å²) in [5.41, 5.74) is 2.99. The lowest BCUT2D eigenvalue weighted by atomic mass is 10.0. The Labute approximate surface area is 142 Å². The highest BCUT2D eigenvalue weighted by molar-refractivity contribution is 6.30. The van der Waals surface area contributed by atoms with Gasteiger partial charge in [-0.3, -0.25) is 4.79 Å². The number of rotatable bonds is 4. The van der Waals surface area contributed by atoms with Crippen LogP contribution in [0.4, 0.5) is 5.69 Å². The summed E-state index contributed by atoms with van der Waals surface area (Å²) in [5, 5.41) is 3.80. The van der Waals surface area contributed by atoms with E-state index in [9.17, 15) is 4.79 Å². The molecule has 3 rings (SSSR count). The molecule has 1 saturated heterocycles. The molecule has 0 radical (unpaired) electrons. The monoisotopic (exact) mass is 329 g/mol. The number of carbonyl (C=O) groups excluding carboxylic acids is 1. The predicted octanol–water partition coefficient (Wildman–Crippen LogP) is 3.01. The standard InChI is InChI=1S/C19H21ClN2O/c1-14-6-2-3-7-17(14)21-19(23)18(22-12-4-5-13-22)15-8-10-16(20)11-9-15/h2-3,6-11,18H,4-5,12-13H2,1H3,(H,21,23)/p+1/t18-/m1/s1. The van der Waals surface area contributed by atoms with Crippen LogP contribution < -0.4 is 10.2 Å². The maximum absolute atomic E-state index is 13.0. The molecule has 0 bridgehead atoms. The minimum Gasteiger partial charge on any atom is -0.321 e. The third-order valence-corrected chi connectivity index (χ3v) is 4.77. The van der Waals surface area contributed by atoms with E-state index in [1.165, 1.54) is 17.7 Å². The van der Waals surface area contributed by atoms with Crippen LogP contribution in [0.1, 0.15) is 30.0 Å². The van der Waals surface area contributed by atoms with Crippen LogP contribution in [0.2, 0.25) is 5.02 Å². The van der Waals surface area contributed by atoms with Crippen molar-refractivity contribution in [2.24, 2.45) is 0 Å². The van der Waals surface area contributed by atoms with Crippen molar-refractivity contribution in [2.45, 2.75) is 25.8 Å². The lowest BCUT2D eigenvalue weighted by Gasteiger charge is -2.24. The summed E-state index contributed by atoms with van der Waals surface area (Å²) in [7, 11) is 0. The first-order valence-corrected chi connectivity index (χ1v) is 8.49. The second kappa shape index (κ2) is 7.16. The molecule has 1 aliphatic rings. The van der Waals surface area contributed by atoms with E-state index in [4.69, 9.17) is 11.6 Å². The second-order valence-electron chi connectivity index (χ2n) is 6.15. The minimum absolute atomic E-state index is 0.0542. The van der Waals surface area contributed by atoms with Gasteiger partial charge in [0.2, 0.25) is 0 Å². The van der Waals surface area contributed by atoms with E-state index in [1.807, 2.05) is 55.5 Å². The van der Waals surface area contributed by atoms with Crippen molar-refractivity contribution in [3.05, 3.63) is 64.7 Å². The second-order valence-corrected chi connectivity index (χ2v) is 6.59. The third-order valence-electron chi connectivity index (χ3n) is 4.52. The highest BCUT2D eigenvalue weighted by atomic mass is 35.5. The van der Waals surface area contributed by atoms with Crippen LogP contribution in [-0.4, -0.2) is 19.0 Å². The molecule has 0 spiro atoms. The maximum atomic E-state index is 13.0. The lowest BCUT2D eigenvalue weighted by molar-refractivity contribution is -0.909. The summed E-state index contributed by atoms with van der Waals surface area (Å²) in [6.07, 6.45) is 2.36. The van der Waals surface area contributed by atoms with Gasteiger partial charge in [0.05, 0.1) is 13.1 Å². The number of likely N-dealkylation sites (tertiary alicyclic amines) is 1. The van der Waals surface area contributed by atoms with Crippen molar-refractivity contribution in [3.63, 3.8) is 0 Å². The van der Waals surface area contributed by atoms with Crippen molar-refractivity contribution < 1.29 is 9.69 Å². The number of benzene rings is 2. The van der Waals surface area contributed by atoms with Crippen LogP contribution in [0.15, 0.2) is 48.5 Å². The van der Waals surface area contributed by atoms with Crippen LogP contribution in [-0.2, 0) is 4.79 Å². The van der Waals surface area contributed by atoms with E-state index in [0.717, 1.165) is 29.9 Å². The van der Waals surface area contributed by atoms with Gasteiger partial charge in [-0.05, 0) is 30.7 Å². The number of halogens is 1. The van der Waals surface area contributed by atoms with E-state index in [1.54, 1.807) is 0 Å². The third kappa shape index (κ3) is 3.74. The normalized spacial score (nSPS) is 16.3. The average Bonchev–Trinajstić information content (AvgIpc) is 3.06. The molecule has 2 N–H and O–H groups in total. The summed E-state index contributed by atoms with van der Waals surface area (Å²) in [4.78, 5) is 14.3. The molecule has 0 aromatic heterocycles. The molecule has 2 aromatic carbocycles. The lowest BCUT2D eigenvalue weighted by Crippen LogP contribution is -3.11. The SMILES string of the molecule is Cc1ccccc1NC(=O)[C@@H](c1ccc(Cl)cc1)[NH+]1CCCC1. The Morgan fingerprint density at radius 1 is 1.09 bits per heavy atom. The van der Waals surface area contributed by atoms with E-state index in [2.05, 4.69) is 5.32 Å². The van der Waals surface area contributed by atoms with Gasteiger partial charge in [0.1, 0.15) is 0 Å². The number of anilines is 1. The van der Waals surface area contributed by atoms with Gasteiger partial charge >= 0.3 is 0 Å². The van der Waals surface area contributed by atoms with Gasteiger partial charge in [-0.1, -0.05) is 41.9 Å². The van der Waals surface area contributed by atoms with Crippen molar-refractivity contribution >= 4 is 23.2 Å². The Bertz CT molecular complexity index is 678. The first-order valence-electron chi connectivity index (χ1n) is 8.11. The maximum Gasteiger partial charge on any atom is 0.287 e. The van der Waals surface area contributed by atoms with Crippen LogP contribution in [0.5, 0.6) is 0 Å². The highest BCUT2D eigenvalue weighted by Crippen LogP contribution is 2.19. The first-order chi connectivity index (χ1) is 11.1. The molecule has 120 valence electrons. The molecule has 1 aliphatic heterocycles. The summed E-state index contributed by atoms with van der Waals surface area (Å²) < 4.78 is 0. The van der Waals surface area contributed by atoms with Gasteiger partial charge in [-0.15, -0.1) is 0 Å². The van der Waals surface area contributed by atoms with Crippen LogP contribution >= 0.6 is 11.6 Å². The predicted molar refractivity (Wildman–Crippen MR) is 93.9 cm³/mol. The number of hydrogen-bond acceptors (Lipinski definition) is 1. The van der Waals surface area contributed by atoms with Crippen LogP contribution in [0.25, 0.3) is 0 Å². The molecule has 0 unspecified atom stereocenters. The van der Waals surface area contributed by atoms with Crippen molar-refractivity contribution in [1.29, 1.82) is 0 Å². The largest absolute Gasteiger partial charge is 0.321 e. The quantitative estimate of drug-likeness (QED) is 0.888. The molecule has 4 heteroatoms. The molecule has 0 aliphatic carbocycles. The highest BCUT2D eigenvalue weighted by Gasteiger charge is 2.33. The summed E-state index contributed by atoms with van der Waals surface area (Å²) in [6, 6.07) is 15.4. The summed E-state index contributed by atoms with van der Waals surface area (Å²) in [6.45, 7) is 4.08. The smallest absolute Gasteiger partial charge is 0.287 e. The number of aryl methyl sites for hydroxylation is 1. The van der Waals surface area contributed by atoms with Crippen molar-refractivity contribution in [2.75, 3.05) is 18.4 Å². The Kier molecular flexibility index (Phi) is 4.99. The fraction of sp³-hybridized carbons (Fsp3) is 0.316. The van der Waals surface area contributed by atoms with Crippen molar-refractivity contribution in [3.8, 4) is 0 Å². The molecule has 0 saturated carbocycles. The van der Waals surface area contributed by atoms with Gasteiger partial charge in [0.15, 0.2) is 6.04 Å². The van der Waals surface area contributed by atoms with Gasteiger partial charge in [-0.25, -0.2) is 0 Å². The Morgan fingerprint density at radius 3 is 2.39 bits per heavy atom. The van der Waals surface area contributed by atoms with E-state index in [-0.39, 0.29) is 11.9 Å². The molecule has 2 aromatic rings. The van der Waals surface area contributed by atoms with Crippen LogP contribution in [0, 0.1) is 6.92 Å². The Morgan fingerprint density at radius 2 is 1.74 bits per heavy atom. The number of para-hydroxylation sites is 1. The molecular weight excluding hydrogens is 308 g/mol. The summed E-state index contributed by atoms with van der Waals surface area (Å²) >= 11 is 6.00. The molecule has 1 fully saturated rings. The topological polar surface area (TPSA) is 33.5 Å². The average molecular weight is 330 g/mol. The van der Waals surface area contributed by atoms with Crippen molar-refractivity contribution in [1.82, 2.24) is 0 Å². The number of quaternary nitrogens is 1. The number of amides is 1. The van der Waals surface area contributed by atoms with Gasteiger partial charge < -0.3 is 10.2 Å². The Hall–Kier alpha value is -1.84. The van der Waals surface area contributed by atoms with Crippen LogP contribution in [0.3, 0.4) is 0 Å². The fourth-order valence-electron chi connectivity index (χ4n) is 3.26. The molecule has 1 heterocycles. The number of hydrogen-bond donors (Lipinski definition) is 2. The molecular formula is C19H22ClN2O+. The van der Waals surface area contributed by atoms with E-state index in [0.29, 0.717) is 5.02 Å². The van der Waals surface area contributed by atoms with Gasteiger partial charge in [0.25, 0.3) is 5.91 Å². The summed E-state index contributed by atoms with van der Waals surface area (Å²) in [5.74, 6) is 0.0542. The molecule has 3 nitrogen and oxygen atoms in total. The zero-order valence-electron chi connectivity index (χ0n) is 13.3.